The van der Waals surface area contributed by atoms with Crippen molar-refractivity contribution < 1.29 is 13.9 Å². The third kappa shape index (κ3) is 3.05. The van der Waals surface area contributed by atoms with Gasteiger partial charge in [-0.2, -0.15) is 0 Å². The normalized spacial score (nSPS) is 10.4. The van der Waals surface area contributed by atoms with E-state index in [1.54, 1.807) is 6.07 Å². The van der Waals surface area contributed by atoms with Gasteiger partial charge in [0.2, 0.25) is 0 Å². The molecule has 0 aliphatic carbocycles. The molecule has 0 radical (unpaired) electrons. The van der Waals surface area contributed by atoms with Gasteiger partial charge in [0.15, 0.2) is 11.6 Å². The number of aryl methyl sites for hydroxylation is 3. The van der Waals surface area contributed by atoms with Crippen LogP contribution in [0.15, 0.2) is 30.3 Å². The Labute approximate surface area is 118 Å². The van der Waals surface area contributed by atoms with Crippen molar-refractivity contribution in [1.82, 2.24) is 0 Å². The maximum atomic E-state index is 13.7. The second-order valence-electron chi connectivity index (χ2n) is 4.97. The summed E-state index contributed by atoms with van der Waals surface area (Å²) < 4.78 is 19.3. The fourth-order valence-corrected chi connectivity index (χ4v) is 2.29. The Morgan fingerprint density at radius 3 is 2.30 bits per heavy atom. The lowest BCUT2D eigenvalue weighted by Crippen LogP contribution is -2.02. The van der Waals surface area contributed by atoms with Crippen molar-refractivity contribution in [2.24, 2.45) is 0 Å². The van der Waals surface area contributed by atoms with E-state index in [0.717, 1.165) is 16.7 Å². The molecule has 0 spiro atoms. The van der Waals surface area contributed by atoms with Crippen molar-refractivity contribution in [2.45, 2.75) is 27.4 Å². The number of rotatable bonds is 4. The van der Waals surface area contributed by atoms with Crippen LogP contribution in [0.3, 0.4) is 0 Å². The quantitative estimate of drug-likeness (QED) is 0.782. The van der Waals surface area contributed by atoms with Gasteiger partial charge in [-0.3, -0.25) is 4.79 Å². The van der Waals surface area contributed by atoms with Crippen molar-refractivity contribution in [3.8, 4) is 5.75 Å². The Kier molecular flexibility index (Phi) is 4.18. The Morgan fingerprint density at radius 1 is 1.10 bits per heavy atom. The van der Waals surface area contributed by atoms with Gasteiger partial charge in [0.05, 0.1) is 0 Å². The van der Waals surface area contributed by atoms with E-state index in [-0.39, 0.29) is 5.75 Å². The fraction of sp³-hybridized carbons (Fsp3) is 0.235. The van der Waals surface area contributed by atoms with E-state index in [9.17, 15) is 9.18 Å². The van der Waals surface area contributed by atoms with E-state index in [0.29, 0.717) is 18.5 Å². The van der Waals surface area contributed by atoms with Crippen LogP contribution in [-0.4, -0.2) is 6.29 Å². The molecule has 0 saturated carbocycles. The standard InChI is InChI=1S/C17H17FO2/c1-11-6-12(2)15(13(3)7-11)10-20-17-5-4-14(9-19)8-16(17)18/h4-9H,10H2,1-3H3. The Bertz CT molecular complexity index is 624. The van der Waals surface area contributed by atoms with Crippen molar-refractivity contribution in [3.63, 3.8) is 0 Å². The highest BCUT2D eigenvalue weighted by Crippen LogP contribution is 2.22. The largest absolute Gasteiger partial charge is 0.486 e. The molecule has 104 valence electrons. The van der Waals surface area contributed by atoms with E-state index < -0.39 is 5.82 Å². The maximum absolute atomic E-state index is 13.7. The van der Waals surface area contributed by atoms with E-state index >= 15 is 0 Å². The van der Waals surface area contributed by atoms with Crippen LogP contribution >= 0.6 is 0 Å². The molecule has 0 aromatic heterocycles. The molecular weight excluding hydrogens is 255 g/mol. The van der Waals surface area contributed by atoms with Gasteiger partial charge in [0.1, 0.15) is 12.9 Å². The molecule has 20 heavy (non-hydrogen) atoms. The minimum Gasteiger partial charge on any atom is -0.486 e. The molecule has 2 rings (SSSR count). The molecule has 0 bridgehead atoms. The Balaban J connectivity index is 2.19. The first-order valence-electron chi connectivity index (χ1n) is 6.45. The monoisotopic (exact) mass is 272 g/mol. The number of halogens is 1. The van der Waals surface area contributed by atoms with Gasteiger partial charge in [-0.15, -0.1) is 0 Å². The number of carbonyl (C=O) groups excluding carboxylic acids is 1. The summed E-state index contributed by atoms with van der Waals surface area (Å²) in [4.78, 5) is 10.6. The molecule has 3 heteroatoms. The van der Waals surface area contributed by atoms with Crippen molar-refractivity contribution in [1.29, 1.82) is 0 Å². The first-order chi connectivity index (χ1) is 9.51. The maximum Gasteiger partial charge on any atom is 0.165 e. The average molecular weight is 272 g/mol. The van der Waals surface area contributed by atoms with Gasteiger partial charge in [-0.05, 0) is 55.7 Å². The molecule has 2 aromatic carbocycles. The third-order valence-corrected chi connectivity index (χ3v) is 3.30. The minimum absolute atomic E-state index is 0.162. The number of benzene rings is 2. The first-order valence-corrected chi connectivity index (χ1v) is 6.45. The lowest BCUT2D eigenvalue weighted by Gasteiger charge is -2.13. The molecule has 0 N–H and O–H groups in total. The zero-order valence-corrected chi connectivity index (χ0v) is 11.9. The van der Waals surface area contributed by atoms with Crippen LogP contribution in [0.5, 0.6) is 5.75 Å². The predicted octanol–water partition coefficient (Wildman–Crippen LogP) is 4.14. The van der Waals surface area contributed by atoms with Gasteiger partial charge in [-0.1, -0.05) is 17.7 Å². The minimum atomic E-state index is -0.517. The van der Waals surface area contributed by atoms with E-state index in [2.05, 4.69) is 12.1 Å². The molecule has 0 unspecified atom stereocenters. The topological polar surface area (TPSA) is 26.3 Å². The number of aldehydes is 1. The molecule has 2 aromatic rings. The summed E-state index contributed by atoms with van der Waals surface area (Å²) in [5.74, 6) is -0.355. The van der Waals surface area contributed by atoms with Gasteiger partial charge in [-0.25, -0.2) is 4.39 Å². The molecule has 0 aliphatic rings. The first kappa shape index (κ1) is 14.3. The van der Waals surface area contributed by atoms with Crippen molar-refractivity contribution in [3.05, 3.63) is 64.0 Å². The Morgan fingerprint density at radius 2 is 1.75 bits per heavy atom. The zero-order valence-electron chi connectivity index (χ0n) is 11.9. The SMILES string of the molecule is Cc1cc(C)c(COc2ccc(C=O)cc2F)c(C)c1. The number of ether oxygens (including phenoxy) is 1. The lowest BCUT2D eigenvalue weighted by atomic mass is 10.0. The van der Waals surface area contributed by atoms with Gasteiger partial charge in [0.25, 0.3) is 0 Å². The summed E-state index contributed by atoms with van der Waals surface area (Å²) in [6, 6.07) is 8.37. The van der Waals surface area contributed by atoms with Crippen LogP contribution < -0.4 is 4.74 Å². The fourth-order valence-electron chi connectivity index (χ4n) is 2.29. The highest BCUT2D eigenvalue weighted by Gasteiger charge is 2.08. The van der Waals surface area contributed by atoms with Crippen LogP contribution in [0, 0.1) is 26.6 Å². The molecular formula is C17H17FO2. The lowest BCUT2D eigenvalue weighted by molar-refractivity contribution is 0.112. The van der Waals surface area contributed by atoms with Crippen LogP contribution in [0.2, 0.25) is 0 Å². The van der Waals surface area contributed by atoms with Gasteiger partial charge < -0.3 is 4.74 Å². The molecule has 0 amide bonds. The van der Waals surface area contributed by atoms with E-state index in [1.807, 2.05) is 20.8 Å². The molecule has 0 heterocycles. The number of hydrogen-bond donors (Lipinski definition) is 0. The van der Waals surface area contributed by atoms with E-state index in [1.165, 1.54) is 17.7 Å². The molecule has 2 nitrogen and oxygen atoms in total. The van der Waals surface area contributed by atoms with Crippen molar-refractivity contribution >= 4 is 6.29 Å². The highest BCUT2D eigenvalue weighted by atomic mass is 19.1. The van der Waals surface area contributed by atoms with Crippen LogP contribution in [-0.2, 0) is 6.61 Å². The van der Waals surface area contributed by atoms with E-state index in [4.69, 9.17) is 4.74 Å². The highest BCUT2D eigenvalue weighted by molar-refractivity contribution is 5.74. The summed E-state index contributed by atoms with van der Waals surface area (Å²) in [6.45, 7) is 6.40. The number of carbonyl (C=O) groups is 1. The zero-order chi connectivity index (χ0) is 14.7. The van der Waals surface area contributed by atoms with Crippen LogP contribution in [0.1, 0.15) is 32.6 Å². The van der Waals surface area contributed by atoms with Crippen LogP contribution in [0.4, 0.5) is 4.39 Å². The van der Waals surface area contributed by atoms with Crippen molar-refractivity contribution in [2.75, 3.05) is 0 Å². The molecule has 0 aliphatic heterocycles. The molecule has 0 saturated heterocycles. The summed E-state index contributed by atoms with van der Waals surface area (Å²) in [5, 5.41) is 0. The summed E-state index contributed by atoms with van der Waals surface area (Å²) in [7, 11) is 0. The summed E-state index contributed by atoms with van der Waals surface area (Å²) in [5.41, 5.74) is 4.83. The molecule has 0 fully saturated rings. The summed E-state index contributed by atoms with van der Waals surface area (Å²) in [6.07, 6.45) is 0.612. The second-order valence-corrected chi connectivity index (χ2v) is 4.97. The Hall–Kier alpha value is -2.16. The summed E-state index contributed by atoms with van der Waals surface area (Å²) >= 11 is 0. The second kappa shape index (κ2) is 5.87. The van der Waals surface area contributed by atoms with Crippen LogP contribution in [0.25, 0.3) is 0 Å². The predicted molar refractivity (Wildman–Crippen MR) is 76.8 cm³/mol. The smallest absolute Gasteiger partial charge is 0.165 e. The average Bonchev–Trinajstić information content (AvgIpc) is 2.39. The third-order valence-electron chi connectivity index (χ3n) is 3.30. The number of hydrogen-bond acceptors (Lipinski definition) is 2. The van der Waals surface area contributed by atoms with Gasteiger partial charge in [0, 0.05) is 5.56 Å². The molecule has 0 atom stereocenters. The van der Waals surface area contributed by atoms with Gasteiger partial charge >= 0.3 is 0 Å².